The summed E-state index contributed by atoms with van der Waals surface area (Å²) in [6.45, 7) is 3.86. The van der Waals surface area contributed by atoms with Gasteiger partial charge in [0.25, 0.3) is 0 Å². The molecule has 104 valence electrons. The SMILES string of the molecule is Cc1ccc(Oc2cc(C(=O)O)c(N)cc2F)cc1C. The van der Waals surface area contributed by atoms with Crippen molar-refractivity contribution in [1.29, 1.82) is 0 Å². The van der Waals surface area contributed by atoms with Gasteiger partial charge in [-0.2, -0.15) is 0 Å². The molecule has 0 atom stereocenters. The van der Waals surface area contributed by atoms with Crippen LogP contribution in [-0.2, 0) is 0 Å². The van der Waals surface area contributed by atoms with Crippen molar-refractivity contribution in [3.05, 3.63) is 52.8 Å². The van der Waals surface area contributed by atoms with E-state index in [-0.39, 0.29) is 17.0 Å². The molecule has 0 spiro atoms. The van der Waals surface area contributed by atoms with Crippen LogP contribution in [0.25, 0.3) is 0 Å². The van der Waals surface area contributed by atoms with Crippen LogP contribution in [0.3, 0.4) is 0 Å². The van der Waals surface area contributed by atoms with E-state index in [1.165, 1.54) is 0 Å². The van der Waals surface area contributed by atoms with E-state index in [4.69, 9.17) is 15.6 Å². The molecule has 0 aliphatic heterocycles. The molecule has 2 rings (SSSR count). The molecule has 3 N–H and O–H groups in total. The Hall–Kier alpha value is -2.56. The highest BCUT2D eigenvalue weighted by molar-refractivity contribution is 5.94. The number of aryl methyl sites for hydroxylation is 2. The van der Waals surface area contributed by atoms with Gasteiger partial charge in [0.15, 0.2) is 11.6 Å². The zero-order valence-electron chi connectivity index (χ0n) is 11.1. The molecule has 4 nitrogen and oxygen atoms in total. The summed E-state index contributed by atoms with van der Waals surface area (Å²) in [5.74, 6) is -1.66. The van der Waals surface area contributed by atoms with Crippen molar-refractivity contribution in [2.75, 3.05) is 5.73 Å². The second-order valence-corrected chi connectivity index (χ2v) is 4.52. The zero-order valence-corrected chi connectivity index (χ0v) is 11.1. The zero-order chi connectivity index (χ0) is 14.9. The first-order valence-electron chi connectivity index (χ1n) is 5.96. The largest absolute Gasteiger partial charge is 0.478 e. The van der Waals surface area contributed by atoms with E-state index < -0.39 is 11.8 Å². The molecule has 0 radical (unpaired) electrons. The summed E-state index contributed by atoms with van der Waals surface area (Å²) in [6, 6.07) is 7.32. The summed E-state index contributed by atoms with van der Waals surface area (Å²) < 4.78 is 19.2. The number of carbonyl (C=O) groups is 1. The lowest BCUT2D eigenvalue weighted by atomic mass is 10.1. The molecule has 0 aliphatic carbocycles. The first-order chi connectivity index (χ1) is 9.38. The maximum Gasteiger partial charge on any atom is 0.337 e. The Morgan fingerprint density at radius 1 is 1.20 bits per heavy atom. The molecule has 2 aromatic rings. The highest BCUT2D eigenvalue weighted by Gasteiger charge is 2.15. The number of hydrogen-bond acceptors (Lipinski definition) is 3. The van der Waals surface area contributed by atoms with Gasteiger partial charge in [0.1, 0.15) is 5.75 Å². The van der Waals surface area contributed by atoms with Crippen LogP contribution >= 0.6 is 0 Å². The molecule has 0 fully saturated rings. The molecular weight excluding hydrogens is 261 g/mol. The summed E-state index contributed by atoms with van der Waals surface area (Å²) in [7, 11) is 0. The molecule has 20 heavy (non-hydrogen) atoms. The third-order valence-electron chi connectivity index (χ3n) is 3.04. The van der Waals surface area contributed by atoms with Crippen molar-refractivity contribution in [2.24, 2.45) is 0 Å². The normalized spacial score (nSPS) is 10.3. The summed E-state index contributed by atoms with van der Waals surface area (Å²) in [6.07, 6.45) is 0. The summed E-state index contributed by atoms with van der Waals surface area (Å²) in [5, 5.41) is 8.97. The lowest BCUT2D eigenvalue weighted by Crippen LogP contribution is -2.04. The maximum absolute atomic E-state index is 13.8. The van der Waals surface area contributed by atoms with E-state index in [1.807, 2.05) is 19.9 Å². The number of nitrogens with two attached hydrogens (primary N) is 1. The molecule has 0 heterocycles. The van der Waals surface area contributed by atoms with Crippen molar-refractivity contribution in [3.63, 3.8) is 0 Å². The van der Waals surface area contributed by atoms with Gasteiger partial charge in [-0.15, -0.1) is 0 Å². The number of carboxylic acid groups (broad SMARTS) is 1. The molecule has 0 bridgehead atoms. The Morgan fingerprint density at radius 3 is 2.50 bits per heavy atom. The van der Waals surface area contributed by atoms with E-state index in [9.17, 15) is 9.18 Å². The van der Waals surface area contributed by atoms with Crippen molar-refractivity contribution in [1.82, 2.24) is 0 Å². The fourth-order valence-electron chi connectivity index (χ4n) is 1.74. The van der Waals surface area contributed by atoms with Crippen molar-refractivity contribution in [3.8, 4) is 11.5 Å². The van der Waals surface area contributed by atoms with Gasteiger partial charge in [-0.1, -0.05) is 6.07 Å². The summed E-state index contributed by atoms with van der Waals surface area (Å²) >= 11 is 0. The number of aromatic carboxylic acids is 1. The second kappa shape index (κ2) is 5.21. The van der Waals surface area contributed by atoms with Gasteiger partial charge in [-0.3, -0.25) is 0 Å². The van der Waals surface area contributed by atoms with Crippen LogP contribution in [0, 0.1) is 19.7 Å². The van der Waals surface area contributed by atoms with Crippen LogP contribution < -0.4 is 10.5 Å². The van der Waals surface area contributed by atoms with Crippen LogP contribution in [0.5, 0.6) is 11.5 Å². The lowest BCUT2D eigenvalue weighted by Gasteiger charge is -2.10. The van der Waals surface area contributed by atoms with Gasteiger partial charge >= 0.3 is 5.97 Å². The number of nitrogen functional groups attached to an aromatic ring is 1. The number of hydrogen-bond donors (Lipinski definition) is 2. The van der Waals surface area contributed by atoms with E-state index in [2.05, 4.69) is 0 Å². The van der Waals surface area contributed by atoms with Gasteiger partial charge in [0.2, 0.25) is 0 Å². The Balaban J connectivity index is 2.40. The quantitative estimate of drug-likeness (QED) is 0.841. The van der Waals surface area contributed by atoms with Crippen molar-refractivity contribution < 1.29 is 19.0 Å². The van der Waals surface area contributed by atoms with Crippen LogP contribution in [0.1, 0.15) is 21.5 Å². The van der Waals surface area contributed by atoms with Gasteiger partial charge < -0.3 is 15.6 Å². The van der Waals surface area contributed by atoms with Crippen LogP contribution in [-0.4, -0.2) is 11.1 Å². The topological polar surface area (TPSA) is 72.5 Å². The van der Waals surface area contributed by atoms with Gasteiger partial charge in [-0.05, 0) is 37.1 Å². The minimum atomic E-state index is -1.23. The molecular formula is C15H14FNO3. The van der Waals surface area contributed by atoms with Gasteiger partial charge in [0, 0.05) is 17.8 Å². The molecule has 0 saturated carbocycles. The number of benzene rings is 2. The highest BCUT2D eigenvalue weighted by Crippen LogP contribution is 2.29. The molecule has 0 aliphatic rings. The summed E-state index contributed by atoms with van der Waals surface area (Å²) in [5.41, 5.74) is 7.21. The average molecular weight is 275 g/mol. The number of ether oxygens (including phenoxy) is 1. The average Bonchev–Trinajstić information content (AvgIpc) is 2.36. The Bertz CT molecular complexity index is 683. The van der Waals surface area contributed by atoms with Crippen molar-refractivity contribution >= 4 is 11.7 Å². The molecule has 0 saturated heterocycles. The van der Waals surface area contributed by atoms with Crippen LogP contribution in [0.4, 0.5) is 10.1 Å². The van der Waals surface area contributed by atoms with E-state index in [0.717, 1.165) is 23.3 Å². The number of rotatable bonds is 3. The molecule has 0 unspecified atom stereocenters. The minimum Gasteiger partial charge on any atom is -0.478 e. The van der Waals surface area contributed by atoms with Gasteiger partial charge in [-0.25, -0.2) is 9.18 Å². The Kier molecular flexibility index (Phi) is 3.61. The number of anilines is 1. The molecule has 0 aromatic heterocycles. The summed E-state index contributed by atoms with van der Waals surface area (Å²) in [4.78, 5) is 11.0. The highest BCUT2D eigenvalue weighted by atomic mass is 19.1. The van der Waals surface area contributed by atoms with Crippen LogP contribution in [0.15, 0.2) is 30.3 Å². The van der Waals surface area contributed by atoms with Crippen molar-refractivity contribution in [2.45, 2.75) is 13.8 Å². The number of carboxylic acids is 1. The molecule has 0 amide bonds. The third kappa shape index (κ3) is 2.71. The Morgan fingerprint density at radius 2 is 1.90 bits per heavy atom. The van der Waals surface area contributed by atoms with E-state index in [1.54, 1.807) is 12.1 Å². The molecule has 5 heteroatoms. The first kappa shape index (κ1) is 13.9. The van der Waals surface area contributed by atoms with Crippen LogP contribution in [0.2, 0.25) is 0 Å². The fourth-order valence-corrected chi connectivity index (χ4v) is 1.74. The lowest BCUT2D eigenvalue weighted by molar-refractivity contribution is 0.0697. The predicted molar refractivity (Wildman–Crippen MR) is 73.8 cm³/mol. The second-order valence-electron chi connectivity index (χ2n) is 4.52. The van der Waals surface area contributed by atoms with Gasteiger partial charge in [0.05, 0.1) is 5.56 Å². The Labute approximate surface area is 115 Å². The third-order valence-corrected chi connectivity index (χ3v) is 3.04. The van der Waals surface area contributed by atoms with E-state index in [0.29, 0.717) is 5.75 Å². The smallest absolute Gasteiger partial charge is 0.337 e. The first-order valence-corrected chi connectivity index (χ1v) is 5.96. The predicted octanol–water partition coefficient (Wildman–Crippen LogP) is 3.52. The minimum absolute atomic E-state index is 0.137. The maximum atomic E-state index is 13.8. The standard InChI is InChI=1S/C15H14FNO3/c1-8-3-4-10(5-9(8)2)20-14-6-11(15(18)19)13(17)7-12(14)16/h3-7H,17H2,1-2H3,(H,18,19). The van der Waals surface area contributed by atoms with E-state index >= 15 is 0 Å². The fraction of sp³-hybridized carbons (Fsp3) is 0.133. The number of halogens is 1. The monoisotopic (exact) mass is 275 g/mol. The molecule has 2 aromatic carbocycles.